The second-order valence-electron chi connectivity index (χ2n) is 12.1. The Bertz CT molecular complexity index is 2000. The highest BCUT2D eigenvalue weighted by Gasteiger charge is 2.17. The fourth-order valence-electron chi connectivity index (χ4n) is 5.81. The number of nitrogens with zero attached hydrogens (tertiary/aromatic N) is 4. The summed E-state index contributed by atoms with van der Waals surface area (Å²) < 4.78 is 14.7. The molecule has 260 valence electrons. The Morgan fingerprint density at radius 3 is 2.48 bits per heavy atom. The van der Waals surface area contributed by atoms with Crippen LogP contribution in [0.3, 0.4) is 0 Å². The number of guanidine groups is 1. The maximum Gasteiger partial charge on any atom is 0.354 e. The number of hydrogen-bond donors (Lipinski definition) is 7. The van der Waals surface area contributed by atoms with E-state index in [1.54, 1.807) is 18.3 Å². The van der Waals surface area contributed by atoms with Crippen LogP contribution in [0.15, 0.2) is 88.8 Å². The van der Waals surface area contributed by atoms with Crippen LogP contribution in [0, 0.1) is 5.82 Å². The molecular formula is C36H42FN11O2. The lowest BCUT2D eigenvalue weighted by Crippen LogP contribution is -2.43. The summed E-state index contributed by atoms with van der Waals surface area (Å²) >= 11 is 0. The van der Waals surface area contributed by atoms with Crippen molar-refractivity contribution in [1.82, 2.24) is 30.5 Å². The van der Waals surface area contributed by atoms with E-state index in [2.05, 4.69) is 47.2 Å². The van der Waals surface area contributed by atoms with Crippen LogP contribution in [-0.4, -0.2) is 78.8 Å². The van der Waals surface area contributed by atoms with Crippen LogP contribution in [0.4, 0.5) is 15.8 Å². The van der Waals surface area contributed by atoms with Gasteiger partial charge in [0.05, 0.1) is 5.69 Å². The number of carbonyl (C=O) groups is 1. The van der Waals surface area contributed by atoms with Gasteiger partial charge in [-0.2, -0.15) is 4.98 Å². The molecule has 9 N–H and O–H groups in total. The van der Waals surface area contributed by atoms with Crippen LogP contribution in [0.1, 0.15) is 22.3 Å². The van der Waals surface area contributed by atoms with Crippen molar-refractivity contribution in [2.45, 2.75) is 13.0 Å². The zero-order valence-electron chi connectivity index (χ0n) is 27.7. The van der Waals surface area contributed by atoms with Crippen molar-refractivity contribution in [2.75, 3.05) is 62.6 Å². The lowest BCUT2D eigenvalue weighted by Gasteiger charge is -2.30. The van der Waals surface area contributed by atoms with E-state index >= 15 is 0 Å². The second-order valence-corrected chi connectivity index (χ2v) is 12.1. The Kier molecular flexibility index (Phi) is 11.0. The van der Waals surface area contributed by atoms with Crippen molar-refractivity contribution in [3.63, 3.8) is 0 Å². The Morgan fingerprint density at radius 2 is 1.72 bits per heavy atom. The number of hydrogen-bond acceptors (Lipinski definition) is 8. The average Bonchev–Trinajstić information content (AvgIpc) is 3.55. The number of nitrogens with two attached hydrogens (primary N) is 2. The van der Waals surface area contributed by atoms with Gasteiger partial charge in [-0.25, -0.2) is 9.18 Å². The number of aromatic amines is 1. The number of carbonyl (C=O) groups excluding carboxylic acids is 1. The highest BCUT2D eigenvalue weighted by atomic mass is 19.1. The third-order valence-corrected chi connectivity index (χ3v) is 8.41. The van der Waals surface area contributed by atoms with E-state index in [0.29, 0.717) is 43.1 Å². The Morgan fingerprint density at radius 1 is 0.940 bits per heavy atom. The fraction of sp³-hybridized carbons (Fsp3) is 0.278. The topological polar surface area (TPSA) is 184 Å². The molecule has 1 aliphatic rings. The number of fused-ring (bicyclic) bond motifs is 1. The second kappa shape index (κ2) is 16.1. The van der Waals surface area contributed by atoms with Gasteiger partial charge in [0.15, 0.2) is 5.96 Å². The van der Waals surface area contributed by atoms with Crippen molar-refractivity contribution in [3.8, 4) is 16.9 Å². The minimum Gasteiger partial charge on any atom is -0.383 e. The van der Waals surface area contributed by atoms with Crippen LogP contribution < -0.4 is 43.3 Å². The van der Waals surface area contributed by atoms with Gasteiger partial charge in [-0.15, -0.1) is 0 Å². The predicted octanol–water partition coefficient (Wildman–Crippen LogP) is 2.52. The molecule has 0 saturated carbocycles. The summed E-state index contributed by atoms with van der Waals surface area (Å²) in [5, 5.41) is 13.7. The highest BCUT2D eigenvalue weighted by Crippen LogP contribution is 2.29. The molecule has 50 heavy (non-hydrogen) atoms. The molecule has 14 heteroatoms. The van der Waals surface area contributed by atoms with Gasteiger partial charge >= 0.3 is 5.69 Å². The standard InChI is InChI=1S/C36H42FN11O2/c37-28-4-6-29(7-5-28)42-12-13-43-34(49)26-18-25(19-31(20-26)47-16-14-40-15-17-47)32-21-27-23-48(36(50)46-33(27)45-32)30-8-2-24(3-9-30)22-41-10-1-11-44-35(38)39/h2-9,18-21,23,40-42H,1,10-17,22H2,(H,43,49)(H4,38,39,44)(H,45,46,50). The van der Waals surface area contributed by atoms with E-state index in [9.17, 15) is 14.0 Å². The first-order valence-electron chi connectivity index (χ1n) is 16.7. The van der Waals surface area contributed by atoms with Gasteiger partial charge < -0.3 is 42.6 Å². The maximum absolute atomic E-state index is 13.4. The van der Waals surface area contributed by atoms with Crippen molar-refractivity contribution in [3.05, 3.63) is 106 Å². The largest absolute Gasteiger partial charge is 0.383 e. The number of piperazine rings is 1. The Hall–Kier alpha value is -5.73. The van der Waals surface area contributed by atoms with Crippen LogP contribution in [-0.2, 0) is 6.54 Å². The van der Waals surface area contributed by atoms with Crippen LogP contribution in [0.25, 0.3) is 28.0 Å². The first-order valence-corrected chi connectivity index (χ1v) is 16.7. The number of aromatic nitrogens is 3. The van der Waals surface area contributed by atoms with Gasteiger partial charge in [-0.1, -0.05) is 12.1 Å². The Balaban J connectivity index is 1.18. The Labute approximate surface area is 289 Å². The normalized spacial score (nSPS) is 12.9. The number of H-pyrrole nitrogens is 1. The number of amides is 1. The molecule has 6 rings (SSSR count). The third kappa shape index (κ3) is 8.84. The fourth-order valence-corrected chi connectivity index (χ4v) is 5.81. The van der Waals surface area contributed by atoms with Gasteiger partial charge in [-0.05, 0) is 79.2 Å². The van der Waals surface area contributed by atoms with Gasteiger partial charge in [0.2, 0.25) is 0 Å². The van der Waals surface area contributed by atoms with Gasteiger partial charge in [-0.3, -0.25) is 14.4 Å². The smallest absolute Gasteiger partial charge is 0.354 e. The van der Waals surface area contributed by atoms with Crippen molar-refractivity contribution >= 4 is 34.3 Å². The third-order valence-electron chi connectivity index (χ3n) is 8.41. The molecule has 1 fully saturated rings. The highest BCUT2D eigenvalue weighted by molar-refractivity contribution is 5.97. The molecule has 0 unspecified atom stereocenters. The molecular weight excluding hydrogens is 637 g/mol. The van der Waals surface area contributed by atoms with Crippen molar-refractivity contribution in [1.29, 1.82) is 0 Å². The van der Waals surface area contributed by atoms with Gasteiger partial charge in [0.1, 0.15) is 11.5 Å². The van der Waals surface area contributed by atoms with Crippen molar-refractivity contribution in [2.24, 2.45) is 16.5 Å². The molecule has 0 aliphatic carbocycles. The van der Waals surface area contributed by atoms with Crippen LogP contribution in [0.2, 0.25) is 0 Å². The van der Waals surface area contributed by atoms with Crippen LogP contribution in [0.5, 0.6) is 0 Å². The molecule has 0 radical (unpaired) electrons. The number of aliphatic imine (C=N–C) groups is 1. The first kappa shape index (κ1) is 34.1. The SMILES string of the molecule is NC(N)=NCCCNCc1ccc(-n2cc3cc(-c4cc(C(=O)NCCNc5ccc(F)cc5)cc(N5CCNCC5)c4)[nH]c3nc2=O)cc1. The van der Waals surface area contributed by atoms with Gasteiger partial charge in [0, 0.05) is 92.1 Å². The summed E-state index contributed by atoms with van der Waals surface area (Å²) in [6.07, 6.45) is 2.60. The molecule has 1 saturated heterocycles. The van der Waals surface area contributed by atoms with Crippen molar-refractivity contribution < 1.29 is 9.18 Å². The van der Waals surface area contributed by atoms with E-state index in [-0.39, 0.29) is 17.7 Å². The van der Waals surface area contributed by atoms with Gasteiger partial charge in [0.25, 0.3) is 5.91 Å². The molecule has 1 aliphatic heterocycles. The summed E-state index contributed by atoms with van der Waals surface area (Å²) in [5.41, 5.74) is 16.4. The lowest BCUT2D eigenvalue weighted by molar-refractivity contribution is 0.0955. The maximum atomic E-state index is 13.4. The summed E-state index contributed by atoms with van der Waals surface area (Å²) in [6.45, 7) is 6.21. The molecule has 0 bridgehead atoms. The molecule has 2 aromatic heterocycles. The van der Waals surface area contributed by atoms with E-state index in [0.717, 1.165) is 72.7 Å². The summed E-state index contributed by atoms with van der Waals surface area (Å²) in [4.78, 5) is 40.4. The molecule has 1 amide bonds. The summed E-state index contributed by atoms with van der Waals surface area (Å²) in [7, 11) is 0. The number of halogens is 1. The van der Waals surface area contributed by atoms with E-state index < -0.39 is 5.69 Å². The summed E-state index contributed by atoms with van der Waals surface area (Å²) in [5.74, 6) is -0.409. The first-order chi connectivity index (χ1) is 24.3. The molecule has 3 heterocycles. The minimum atomic E-state index is -0.402. The monoisotopic (exact) mass is 679 g/mol. The number of rotatable bonds is 14. The zero-order valence-corrected chi connectivity index (χ0v) is 27.7. The quantitative estimate of drug-likeness (QED) is 0.0527. The predicted molar refractivity (Wildman–Crippen MR) is 196 cm³/mol. The molecule has 0 spiro atoms. The van der Waals surface area contributed by atoms with E-state index in [1.807, 2.05) is 42.5 Å². The molecule has 3 aromatic carbocycles. The molecule has 0 atom stereocenters. The van der Waals surface area contributed by atoms with E-state index in [1.165, 1.54) is 16.7 Å². The average molecular weight is 680 g/mol. The number of anilines is 2. The molecule has 5 aromatic rings. The summed E-state index contributed by atoms with van der Waals surface area (Å²) in [6, 6.07) is 21.6. The number of benzene rings is 3. The number of nitrogens with one attached hydrogen (secondary N) is 5. The minimum absolute atomic E-state index is 0.0965. The van der Waals surface area contributed by atoms with E-state index in [4.69, 9.17) is 11.5 Å². The molecule has 13 nitrogen and oxygen atoms in total. The lowest BCUT2D eigenvalue weighted by atomic mass is 10.0. The zero-order chi connectivity index (χ0) is 34.9. The van der Waals surface area contributed by atoms with Crippen LogP contribution >= 0.6 is 0 Å².